The van der Waals surface area contributed by atoms with Gasteiger partial charge in [-0.1, -0.05) is 18.2 Å². The molecule has 140 valence electrons. The number of nitrogens with one attached hydrogen (secondary N) is 1. The molecule has 1 unspecified atom stereocenters. The second-order valence-corrected chi connectivity index (χ2v) is 5.84. The van der Waals surface area contributed by atoms with Crippen LogP contribution >= 0.6 is 0 Å². The number of carbonyl (C=O) groups excluding carboxylic acids is 2. The molecule has 6 nitrogen and oxygen atoms in total. The van der Waals surface area contributed by atoms with Crippen LogP contribution in [0, 0.1) is 5.82 Å². The number of halogens is 1. The summed E-state index contributed by atoms with van der Waals surface area (Å²) in [7, 11) is 1.26. The quantitative estimate of drug-likeness (QED) is 0.624. The van der Waals surface area contributed by atoms with Crippen molar-refractivity contribution >= 4 is 18.0 Å². The van der Waals surface area contributed by atoms with Gasteiger partial charge in [0.1, 0.15) is 5.82 Å². The highest BCUT2D eigenvalue weighted by Gasteiger charge is 2.19. The molecule has 1 atom stereocenters. The maximum Gasteiger partial charge on any atom is 0.307 e. The van der Waals surface area contributed by atoms with Crippen molar-refractivity contribution in [3.63, 3.8) is 0 Å². The minimum absolute atomic E-state index is 0.108. The summed E-state index contributed by atoms with van der Waals surface area (Å²) in [4.78, 5) is 23.9. The molecule has 3 rings (SSSR count). The van der Waals surface area contributed by atoms with Crippen molar-refractivity contribution in [3.05, 3.63) is 65.5 Å². The molecule has 0 aromatic heterocycles. The average molecular weight is 371 g/mol. The van der Waals surface area contributed by atoms with Gasteiger partial charge in [0.2, 0.25) is 12.7 Å². The Labute approximate surface area is 155 Å². The van der Waals surface area contributed by atoms with Gasteiger partial charge in [0.15, 0.2) is 11.5 Å². The molecule has 0 saturated heterocycles. The highest BCUT2D eigenvalue weighted by molar-refractivity contribution is 5.92. The van der Waals surface area contributed by atoms with Crippen LogP contribution in [0.3, 0.4) is 0 Å². The van der Waals surface area contributed by atoms with Crippen molar-refractivity contribution in [2.45, 2.75) is 12.5 Å². The number of hydrogen-bond acceptors (Lipinski definition) is 5. The zero-order chi connectivity index (χ0) is 19.2. The zero-order valence-electron chi connectivity index (χ0n) is 14.6. The summed E-state index contributed by atoms with van der Waals surface area (Å²) >= 11 is 0. The Kier molecular flexibility index (Phi) is 5.71. The Morgan fingerprint density at radius 3 is 2.81 bits per heavy atom. The minimum Gasteiger partial charge on any atom is -0.469 e. The molecule has 0 bridgehead atoms. The van der Waals surface area contributed by atoms with Gasteiger partial charge in [-0.15, -0.1) is 0 Å². The standard InChI is InChI=1S/C20H18FNO5/c1-25-20(24)11-16(14-3-2-4-15(21)10-14)22-19(23)8-6-13-5-7-17-18(9-13)27-12-26-17/h2-10,16H,11-12H2,1H3,(H,22,23). The summed E-state index contributed by atoms with van der Waals surface area (Å²) in [6.45, 7) is 0.172. The van der Waals surface area contributed by atoms with Gasteiger partial charge >= 0.3 is 5.97 Å². The number of hydrogen-bond donors (Lipinski definition) is 1. The highest BCUT2D eigenvalue weighted by Crippen LogP contribution is 2.32. The molecular weight excluding hydrogens is 353 g/mol. The van der Waals surface area contributed by atoms with Crippen molar-refractivity contribution in [1.29, 1.82) is 0 Å². The number of rotatable bonds is 6. The molecule has 1 heterocycles. The van der Waals surface area contributed by atoms with E-state index >= 15 is 0 Å². The van der Waals surface area contributed by atoms with E-state index in [9.17, 15) is 14.0 Å². The summed E-state index contributed by atoms with van der Waals surface area (Å²) in [6.07, 6.45) is 2.84. The van der Waals surface area contributed by atoms with E-state index in [1.54, 1.807) is 30.3 Å². The van der Waals surface area contributed by atoms with E-state index in [1.807, 2.05) is 0 Å². The van der Waals surface area contributed by atoms with Crippen molar-refractivity contribution in [2.75, 3.05) is 13.9 Å². The normalized spacial score (nSPS) is 13.4. The Morgan fingerprint density at radius 2 is 2.04 bits per heavy atom. The lowest BCUT2D eigenvalue weighted by Gasteiger charge is -2.17. The fourth-order valence-electron chi connectivity index (χ4n) is 2.63. The first kappa shape index (κ1) is 18.4. The molecule has 1 amide bonds. The molecule has 7 heteroatoms. The van der Waals surface area contributed by atoms with E-state index in [-0.39, 0.29) is 13.2 Å². The molecule has 2 aromatic rings. The number of fused-ring (bicyclic) bond motifs is 1. The van der Waals surface area contributed by atoms with Crippen LogP contribution < -0.4 is 14.8 Å². The monoisotopic (exact) mass is 371 g/mol. The minimum atomic E-state index is -0.706. The summed E-state index contributed by atoms with van der Waals surface area (Å²) in [5.41, 5.74) is 1.23. The molecule has 0 aliphatic carbocycles. The SMILES string of the molecule is COC(=O)CC(NC(=O)C=Cc1ccc2c(c1)OCO2)c1cccc(F)c1. The van der Waals surface area contributed by atoms with Crippen molar-refractivity contribution in [1.82, 2.24) is 5.32 Å². The van der Waals surface area contributed by atoms with Gasteiger partial charge in [-0.2, -0.15) is 0 Å². The first-order valence-electron chi connectivity index (χ1n) is 8.25. The lowest BCUT2D eigenvalue weighted by Crippen LogP contribution is -2.29. The van der Waals surface area contributed by atoms with Crippen LogP contribution in [-0.2, 0) is 14.3 Å². The summed E-state index contributed by atoms with van der Waals surface area (Å²) in [5, 5.41) is 2.70. The van der Waals surface area contributed by atoms with E-state index in [0.717, 1.165) is 5.56 Å². The number of benzene rings is 2. The fraction of sp³-hybridized carbons (Fsp3) is 0.200. The summed E-state index contributed by atoms with van der Waals surface area (Å²) in [6, 6.07) is 10.3. The Balaban J connectivity index is 1.70. The van der Waals surface area contributed by atoms with E-state index in [1.165, 1.54) is 31.4 Å². The molecule has 0 radical (unpaired) electrons. The summed E-state index contributed by atoms with van der Waals surface area (Å²) < 4.78 is 28.7. The predicted octanol–water partition coefficient (Wildman–Crippen LogP) is 2.99. The smallest absolute Gasteiger partial charge is 0.307 e. The Hall–Kier alpha value is -3.35. The number of ether oxygens (including phenoxy) is 3. The summed E-state index contributed by atoms with van der Waals surface area (Å²) in [5.74, 6) is -0.121. The molecule has 0 fully saturated rings. The van der Waals surface area contributed by atoms with Crippen molar-refractivity contribution in [3.8, 4) is 11.5 Å². The van der Waals surface area contributed by atoms with Crippen LogP contribution in [0.1, 0.15) is 23.6 Å². The molecular formula is C20H18FNO5. The fourth-order valence-corrected chi connectivity index (χ4v) is 2.63. The van der Waals surface area contributed by atoms with E-state index in [2.05, 4.69) is 10.1 Å². The molecule has 1 aliphatic heterocycles. The second kappa shape index (κ2) is 8.35. The van der Waals surface area contributed by atoms with E-state index in [0.29, 0.717) is 17.1 Å². The van der Waals surface area contributed by atoms with Crippen LogP contribution in [0.25, 0.3) is 6.08 Å². The molecule has 1 aliphatic rings. The van der Waals surface area contributed by atoms with Crippen LogP contribution in [0.15, 0.2) is 48.5 Å². The lowest BCUT2D eigenvalue weighted by molar-refractivity contribution is -0.141. The van der Waals surface area contributed by atoms with Gasteiger partial charge in [-0.3, -0.25) is 9.59 Å². The maximum atomic E-state index is 13.5. The lowest BCUT2D eigenvalue weighted by atomic mass is 10.0. The Morgan fingerprint density at radius 1 is 1.22 bits per heavy atom. The zero-order valence-corrected chi connectivity index (χ0v) is 14.6. The van der Waals surface area contributed by atoms with Crippen LogP contribution in [-0.4, -0.2) is 25.8 Å². The molecule has 1 N–H and O–H groups in total. The van der Waals surface area contributed by atoms with Gasteiger partial charge in [0.05, 0.1) is 19.6 Å². The van der Waals surface area contributed by atoms with Gasteiger partial charge in [-0.05, 0) is 41.5 Å². The number of esters is 1. The van der Waals surface area contributed by atoms with Gasteiger partial charge in [0, 0.05) is 6.08 Å². The largest absolute Gasteiger partial charge is 0.469 e. The number of amides is 1. The Bertz CT molecular complexity index is 880. The van der Waals surface area contributed by atoms with Crippen molar-refractivity contribution < 1.29 is 28.2 Å². The van der Waals surface area contributed by atoms with Crippen LogP contribution in [0.4, 0.5) is 4.39 Å². The van der Waals surface area contributed by atoms with E-state index < -0.39 is 23.7 Å². The first-order chi connectivity index (χ1) is 13.0. The van der Waals surface area contributed by atoms with E-state index in [4.69, 9.17) is 9.47 Å². The number of carbonyl (C=O) groups is 2. The van der Waals surface area contributed by atoms with Crippen molar-refractivity contribution in [2.24, 2.45) is 0 Å². The second-order valence-electron chi connectivity index (χ2n) is 5.84. The third kappa shape index (κ3) is 4.84. The molecule has 0 saturated carbocycles. The predicted molar refractivity (Wildman–Crippen MR) is 95.5 cm³/mol. The third-order valence-corrected chi connectivity index (χ3v) is 3.99. The average Bonchev–Trinajstić information content (AvgIpc) is 3.13. The maximum absolute atomic E-state index is 13.5. The van der Waals surface area contributed by atoms with Gasteiger partial charge in [0.25, 0.3) is 0 Å². The number of methoxy groups -OCH3 is 1. The third-order valence-electron chi connectivity index (χ3n) is 3.99. The van der Waals surface area contributed by atoms with Crippen LogP contribution in [0.2, 0.25) is 0 Å². The molecule has 0 spiro atoms. The first-order valence-corrected chi connectivity index (χ1v) is 8.25. The highest BCUT2D eigenvalue weighted by atomic mass is 19.1. The molecule has 2 aromatic carbocycles. The molecule has 27 heavy (non-hydrogen) atoms. The van der Waals surface area contributed by atoms with Gasteiger partial charge < -0.3 is 19.5 Å². The van der Waals surface area contributed by atoms with Crippen LogP contribution in [0.5, 0.6) is 11.5 Å². The topological polar surface area (TPSA) is 73.9 Å². The van der Waals surface area contributed by atoms with Gasteiger partial charge in [-0.25, -0.2) is 4.39 Å².